The molecule has 2 saturated heterocycles. The fourth-order valence-electron chi connectivity index (χ4n) is 7.04. The molecule has 5 aliphatic rings. The molecule has 2 bridgehead atoms. The van der Waals surface area contributed by atoms with Crippen LogP contribution < -0.4 is 0 Å². The molecule has 0 aromatic rings. The summed E-state index contributed by atoms with van der Waals surface area (Å²) in [6, 6.07) is 0.247. The van der Waals surface area contributed by atoms with Crippen LogP contribution in [-0.2, 0) is 14.3 Å². The number of Topliss-reactive ketones (excluding diaryl/α,β-unsaturated/α-hetero) is 1. The molecule has 156 valence electrons. The van der Waals surface area contributed by atoms with Gasteiger partial charge in [0, 0.05) is 54.6 Å². The van der Waals surface area contributed by atoms with Crippen LogP contribution in [0.25, 0.3) is 0 Å². The molecule has 0 spiro atoms. The lowest BCUT2D eigenvalue weighted by molar-refractivity contribution is -0.135. The molecule has 0 saturated carbocycles. The normalized spacial score (nSPS) is 38.6. The highest BCUT2D eigenvalue weighted by Crippen LogP contribution is 2.64. The number of esters is 1. The van der Waals surface area contributed by atoms with Gasteiger partial charge in [-0.3, -0.25) is 9.69 Å². The van der Waals surface area contributed by atoms with Gasteiger partial charge in [0.25, 0.3) is 0 Å². The molecular weight excluding hydrogens is 370 g/mol. The molecule has 0 aromatic heterocycles. The minimum absolute atomic E-state index is 0.0272. The summed E-state index contributed by atoms with van der Waals surface area (Å²) in [6.07, 6.45) is 2.32. The van der Waals surface area contributed by atoms with Crippen LogP contribution in [0.2, 0.25) is 0 Å². The van der Waals surface area contributed by atoms with E-state index in [0.717, 1.165) is 31.5 Å². The molecule has 0 radical (unpaired) electrons. The molecule has 6 heteroatoms. The summed E-state index contributed by atoms with van der Waals surface area (Å²) < 4.78 is 5.10. The van der Waals surface area contributed by atoms with E-state index in [1.807, 2.05) is 0 Å². The van der Waals surface area contributed by atoms with Crippen LogP contribution >= 0.6 is 0 Å². The zero-order valence-corrected chi connectivity index (χ0v) is 17.3. The Morgan fingerprint density at radius 2 is 2.07 bits per heavy atom. The maximum Gasteiger partial charge on any atom is 0.338 e. The second-order valence-electron chi connectivity index (χ2n) is 9.56. The molecule has 2 fully saturated rings. The summed E-state index contributed by atoms with van der Waals surface area (Å²) in [5.41, 5.74) is 2.55. The topological polar surface area (TPSA) is 87.1 Å². The van der Waals surface area contributed by atoms with Gasteiger partial charge >= 0.3 is 5.97 Å². The predicted molar refractivity (Wildman–Crippen MR) is 106 cm³/mol. The average molecular weight is 399 g/mol. The van der Waals surface area contributed by atoms with Crippen LogP contribution in [0.15, 0.2) is 33.6 Å². The van der Waals surface area contributed by atoms with Crippen molar-refractivity contribution in [3.63, 3.8) is 0 Å². The maximum atomic E-state index is 13.3. The Balaban J connectivity index is 1.88. The second kappa shape index (κ2) is 6.29. The minimum atomic E-state index is -0.532. The first kappa shape index (κ1) is 19.1. The molecule has 0 aromatic carbocycles. The third-order valence-corrected chi connectivity index (χ3v) is 8.37. The lowest BCUT2D eigenvalue weighted by Crippen LogP contribution is -2.47. The smallest absolute Gasteiger partial charge is 0.338 e. The Bertz CT molecular complexity index is 912. The number of aliphatic hydroxyl groups excluding tert-OH is 2. The van der Waals surface area contributed by atoms with Crippen molar-refractivity contribution in [1.82, 2.24) is 4.90 Å². The van der Waals surface area contributed by atoms with E-state index in [1.165, 1.54) is 7.11 Å². The van der Waals surface area contributed by atoms with E-state index < -0.39 is 5.97 Å². The van der Waals surface area contributed by atoms with E-state index in [2.05, 4.69) is 18.7 Å². The lowest BCUT2D eigenvalue weighted by Gasteiger charge is -2.43. The number of rotatable bonds is 3. The van der Waals surface area contributed by atoms with Crippen molar-refractivity contribution in [1.29, 1.82) is 0 Å². The predicted octanol–water partition coefficient (Wildman–Crippen LogP) is 2.30. The van der Waals surface area contributed by atoms with E-state index in [1.54, 1.807) is 0 Å². The molecule has 6 nitrogen and oxygen atoms in total. The third kappa shape index (κ3) is 2.24. The number of nitrogens with zero attached hydrogens (tertiary/aromatic N) is 1. The standard InChI is InChI=1S/C23H29NO5/c1-11-9-24-10-12-4-5-15(26)17-13(6-7-25)18(22(28)29-3)19-20(17)23(12,2)16(24)8-14(11)21(19)27/h11-12,14,16,25,27H,4-10H2,1-3H3/t11?,12-,14-,16-,23?/m1/s1. The molecule has 0 amide bonds. The SMILES string of the molecule is COC(=O)C1=C(CCO)C2=C3C1=C(O)[C@@H]1C[C@H]4N(CC1C)C[C@@H](CCC2=O)C34C. The monoisotopic (exact) mass is 399 g/mol. The Morgan fingerprint density at radius 1 is 1.31 bits per heavy atom. The summed E-state index contributed by atoms with van der Waals surface area (Å²) in [4.78, 5) is 28.8. The molecular formula is C23H29NO5. The van der Waals surface area contributed by atoms with Gasteiger partial charge in [-0.05, 0) is 42.2 Å². The third-order valence-electron chi connectivity index (χ3n) is 8.37. The van der Waals surface area contributed by atoms with Crippen molar-refractivity contribution >= 4 is 11.8 Å². The van der Waals surface area contributed by atoms with Crippen LogP contribution in [-0.4, -0.2) is 59.7 Å². The first-order valence-corrected chi connectivity index (χ1v) is 10.7. The highest BCUT2D eigenvalue weighted by Gasteiger charge is 2.62. The fourth-order valence-corrected chi connectivity index (χ4v) is 7.04. The first-order valence-electron chi connectivity index (χ1n) is 10.7. The van der Waals surface area contributed by atoms with Gasteiger partial charge in [0.2, 0.25) is 0 Å². The molecule has 2 unspecified atom stereocenters. The molecule has 5 atom stereocenters. The van der Waals surface area contributed by atoms with Crippen LogP contribution in [0.5, 0.6) is 0 Å². The zero-order valence-electron chi connectivity index (χ0n) is 17.3. The second-order valence-corrected chi connectivity index (χ2v) is 9.56. The van der Waals surface area contributed by atoms with Gasteiger partial charge in [-0.1, -0.05) is 13.8 Å². The highest BCUT2D eigenvalue weighted by molar-refractivity contribution is 6.10. The molecule has 29 heavy (non-hydrogen) atoms. The number of aliphatic hydroxyl groups is 2. The quantitative estimate of drug-likeness (QED) is 0.708. The van der Waals surface area contributed by atoms with Gasteiger partial charge in [0.1, 0.15) is 5.76 Å². The Kier molecular flexibility index (Phi) is 4.13. The van der Waals surface area contributed by atoms with Gasteiger partial charge < -0.3 is 14.9 Å². The largest absolute Gasteiger partial charge is 0.511 e. The van der Waals surface area contributed by atoms with E-state index in [-0.39, 0.29) is 47.9 Å². The summed E-state index contributed by atoms with van der Waals surface area (Å²) in [5, 5.41) is 21.2. The van der Waals surface area contributed by atoms with Crippen LogP contribution in [0.4, 0.5) is 0 Å². The number of hydrogen-bond acceptors (Lipinski definition) is 6. The molecule has 5 rings (SSSR count). The van der Waals surface area contributed by atoms with Gasteiger partial charge in [0.15, 0.2) is 5.78 Å². The van der Waals surface area contributed by atoms with Crippen LogP contribution in [0, 0.1) is 23.2 Å². The van der Waals surface area contributed by atoms with Gasteiger partial charge in [-0.15, -0.1) is 0 Å². The first-order chi connectivity index (χ1) is 13.8. The number of methoxy groups -OCH3 is 1. The Labute approximate surface area is 170 Å². The number of fused-ring (bicyclic) bond motifs is 1. The number of carbonyl (C=O) groups is 2. The van der Waals surface area contributed by atoms with Gasteiger partial charge in [-0.2, -0.15) is 0 Å². The fraction of sp³-hybridized carbons (Fsp3) is 0.652. The molecule has 3 aliphatic carbocycles. The van der Waals surface area contributed by atoms with E-state index in [9.17, 15) is 19.8 Å². The Hall–Kier alpha value is -1.92. The van der Waals surface area contributed by atoms with E-state index in [0.29, 0.717) is 34.6 Å². The summed E-state index contributed by atoms with van der Waals surface area (Å²) in [7, 11) is 1.33. The zero-order chi connectivity index (χ0) is 20.7. The number of ether oxygens (including phenoxy) is 1. The van der Waals surface area contributed by atoms with Crippen LogP contribution in [0.3, 0.4) is 0 Å². The van der Waals surface area contributed by atoms with E-state index >= 15 is 0 Å². The van der Waals surface area contributed by atoms with E-state index in [4.69, 9.17) is 4.74 Å². The van der Waals surface area contributed by atoms with Crippen molar-refractivity contribution in [2.45, 2.75) is 45.6 Å². The van der Waals surface area contributed by atoms with Crippen molar-refractivity contribution < 1.29 is 24.5 Å². The number of piperidine rings is 1. The minimum Gasteiger partial charge on any atom is -0.511 e. The van der Waals surface area contributed by atoms with Gasteiger partial charge in [0.05, 0.1) is 12.7 Å². The molecule has 2 heterocycles. The van der Waals surface area contributed by atoms with Gasteiger partial charge in [-0.25, -0.2) is 4.79 Å². The number of hydrogen-bond donors (Lipinski definition) is 2. The molecule has 2 aliphatic heterocycles. The Morgan fingerprint density at radius 3 is 2.76 bits per heavy atom. The lowest BCUT2D eigenvalue weighted by atomic mass is 9.65. The summed E-state index contributed by atoms with van der Waals surface area (Å²) >= 11 is 0. The maximum absolute atomic E-state index is 13.3. The van der Waals surface area contributed by atoms with Crippen molar-refractivity contribution in [2.24, 2.45) is 23.2 Å². The van der Waals surface area contributed by atoms with Crippen LogP contribution in [0.1, 0.15) is 39.5 Å². The van der Waals surface area contributed by atoms with Crippen molar-refractivity contribution in [2.75, 3.05) is 26.8 Å². The van der Waals surface area contributed by atoms with Crippen molar-refractivity contribution in [3.05, 3.63) is 33.6 Å². The summed E-state index contributed by atoms with van der Waals surface area (Å²) in [6.45, 7) is 6.12. The average Bonchev–Trinajstić information content (AvgIpc) is 3.11. The number of carbonyl (C=O) groups excluding carboxylic acids is 2. The number of allylic oxidation sites excluding steroid dienone is 2. The van der Waals surface area contributed by atoms with Crippen molar-refractivity contribution in [3.8, 4) is 0 Å². The number of ketones is 1. The molecule has 2 N–H and O–H groups in total. The summed E-state index contributed by atoms with van der Waals surface area (Å²) in [5.74, 6) is 0.270. The highest BCUT2D eigenvalue weighted by atomic mass is 16.5.